The van der Waals surface area contributed by atoms with Gasteiger partial charge in [0.05, 0.1) is 16.6 Å². The summed E-state index contributed by atoms with van der Waals surface area (Å²) in [5, 5.41) is 0.565. The Morgan fingerprint density at radius 1 is 0.914 bits per heavy atom. The lowest BCUT2D eigenvalue weighted by Crippen LogP contribution is -2.49. The van der Waals surface area contributed by atoms with E-state index in [-0.39, 0.29) is 11.5 Å². The summed E-state index contributed by atoms with van der Waals surface area (Å²) in [6.45, 7) is 3.61. The summed E-state index contributed by atoms with van der Waals surface area (Å²) < 4.78 is 1.51. The second kappa shape index (κ2) is 9.68. The Balaban J connectivity index is 1.24. The highest BCUT2D eigenvalue weighted by atomic mass is 16.2. The minimum absolute atomic E-state index is 0.00512. The Hall–Kier alpha value is -4.04. The molecule has 1 fully saturated rings. The number of hydrogen-bond acceptors (Lipinski definition) is 6. The lowest BCUT2D eigenvalue weighted by atomic mass is 10.1. The van der Waals surface area contributed by atoms with Crippen LogP contribution in [0.25, 0.3) is 16.6 Å². The van der Waals surface area contributed by atoms with Crippen molar-refractivity contribution in [1.82, 2.24) is 24.3 Å². The van der Waals surface area contributed by atoms with Gasteiger partial charge in [-0.05, 0) is 62.1 Å². The third kappa shape index (κ3) is 4.79. The number of anilines is 1. The molecule has 0 radical (unpaired) electrons. The third-order valence-corrected chi connectivity index (χ3v) is 6.26. The Bertz CT molecular complexity index is 1390. The number of hydrogen-bond donors (Lipinski definition) is 0. The van der Waals surface area contributed by atoms with E-state index < -0.39 is 0 Å². The summed E-state index contributed by atoms with van der Waals surface area (Å²) in [6, 6.07) is 18.6. The van der Waals surface area contributed by atoms with Crippen molar-refractivity contribution in [2.45, 2.75) is 6.54 Å². The predicted octanol–water partition coefficient (Wildman–Crippen LogP) is 2.80. The molecule has 0 N–H and O–H groups in total. The fourth-order valence-electron chi connectivity index (χ4n) is 4.40. The summed E-state index contributed by atoms with van der Waals surface area (Å²) in [4.78, 5) is 41.1. The molecule has 1 aliphatic rings. The van der Waals surface area contributed by atoms with Crippen LogP contribution in [0, 0.1) is 0 Å². The number of aromatic nitrogens is 3. The Morgan fingerprint density at radius 3 is 2.34 bits per heavy atom. The van der Waals surface area contributed by atoms with Crippen LogP contribution < -0.4 is 10.5 Å². The van der Waals surface area contributed by atoms with Crippen LogP contribution in [-0.2, 0) is 6.54 Å². The van der Waals surface area contributed by atoms with Gasteiger partial charge in [-0.15, -0.1) is 0 Å². The summed E-state index contributed by atoms with van der Waals surface area (Å²) >= 11 is 0. The van der Waals surface area contributed by atoms with Gasteiger partial charge in [-0.2, -0.15) is 0 Å². The molecule has 0 unspecified atom stereocenters. The number of para-hydroxylation sites is 1. The molecule has 1 saturated heterocycles. The first-order chi connectivity index (χ1) is 17.0. The first kappa shape index (κ1) is 22.7. The highest BCUT2D eigenvalue weighted by molar-refractivity contribution is 5.94. The first-order valence-corrected chi connectivity index (χ1v) is 11.7. The Kier molecular flexibility index (Phi) is 6.29. The lowest BCUT2D eigenvalue weighted by molar-refractivity contribution is 0.0746. The molecular formula is C27H28N6O2. The maximum Gasteiger partial charge on any atom is 0.265 e. The predicted molar refractivity (Wildman–Crippen MR) is 137 cm³/mol. The number of piperazine rings is 1. The van der Waals surface area contributed by atoms with Crippen molar-refractivity contribution in [3.63, 3.8) is 0 Å². The topological polar surface area (TPSA) is 74.6 Å². The van der Waals surface area contributed by atoms with Gasteiger partial charge in [0.25, 0.3) is 11.5 Å². The molecule has 8 heteroatoms. The van der Waals surface area contributed by atoms with Gasteiger partial charge in [0, 0.05) is 44.5 Å². The molecule has 0 bridgehead atoms. The number of amides is 1. The van der Waals surface area contributed by atoms with Gasteiger partial charge < -0.3 is 14.7 Å². The number of carbonyl (C=O) groups excluding carboxylic acids is 1. The number of fused-ring (bicyclic) bond motifs is 1. The molecule has 1 aliphatic heterocycles. The van der Waals surface area contributed by atoms with E-state index in [0.29, 0.717) is 35.2 Å². The maximum atomic E-state index is 13.1. The number of pyridine rings is 1. The van der Waals surface area contributed by atoms with E-state index in [0.717, 1.165) is 25.5 Å². The van der Waals surface area contributed by atoms with Gasteiger partial charge in [-0.3, -0.25) is 14.2 Å². The normalized spacial score (nSPS) is 14.0. The molecule has 178 valence electrons. The second-order valence-electron chi connectivity index (χ2n) is 9.03. The van der Waals surface area contributed by atoms with Gasteiger partial charge in [0.2, 0.25) is 0 Å². The van der Waals surface area contributed by atoms with E-state index >= 15 is 0 Å². The van der Waals surface area contributed by atoms with Gasteiger partial charge >= 0.3 is 0 Å². The van der Waals surface area contributed by atoms with Gasteiger partial charge in [0.1, 0.15) is 12.1 Å². The molecule has 35 heavy (non-hydrogen) atoms. The van der Waals surface area contributed by atoms with Crippen molar-refractivity contribution in [3.8, 4) is 5.69 Å². The van der Waals surface area contributed by atoms with E-state index in [1.807, 2.05) is 43.4 Å². The summed E-state index contributed by atoms with van der Waals surface area (Å²) in [5.41, 5.74) is 3.00. The molecule has 5 rings (SSSR count). The molecule has 2 aromatic carbocycles. The van der Waals surface area contributed by atoms with Crippen LogP contribution in [-0.4, -0.2) is 70.5 Å². The number of benzene rings is 2. The molecule has 0 aliphatic carbocycles. The van der Waals surface area contributed by atoms with E-state index in [4.69, 9.17) is 0 Å². The average molecular weight is 469 g/mol. The van der Waals surface area contributed by atoms with Crippen LogP contribution in [0.4, 0.5) is 5.82 Å². The van der Waals surface area contributed by atoms with E-state index in [1.54, 1.807) is 30.3 Å². The SMILES string of the molecule is CN(C)Cc1ccc(N2CCN(C(=O)c3ccc(-n4cnc5ccccc5c4=O)cc3)CC2)nc1. The van der Waals surface area contributed by atoms with E-state index in [9.17, 15) is 9.59 Å². The van der Waals surface area contributed by atoms with Crippen molar-refractivity contribution in [1.29, 1.82) is 0 Å². The fourth-order valence-corrected chi connectivity index (χ4v) is 4.40. The maximum absolute atomic E-state index is 13.1. The third-order valence-electron chi connectivity index (χ3n) is 6.26. The molecular weight excluding hydrogens is 440 g/mol. The molecule has 2 aromatic heterocycles. The highest BCUT2D eigenvalue weighted by Gasteiger charge is 2.23. The standard InChI is InChI=1S/C27H28N6O2/c1-30(2)18-20-7-12-25(28-17-20)31-13-15-32(16-14-31)26(34)21-8-10-22(11-9-21)33-19-29-24-6-4-3-5-23(24)27(33)35/h3-12,17,19H,13-16,18H2,1-2H3. The highest BCUT2D eigenvalue weighted by Crippen LogP contribution is 2.17. The minimum Gasteiger partial charge on any atom is -0.353 e. The zero-order valence-corrected chi connectivity index (χ0v) is 20.0. The van der Waals surface area contributed by atoms with E-state index in [1.165, 1.54) is 16.5 Å². The molecule has 3 heterocycles. The lowest BCUT2D eigenvalue weighted by Gasteiger charge is -2.35. The van der Waals surface area contributed by atoms with Gasteiger partial charge in [0.15, 0.2) is 0 Å². The summed E-state index contributed by atoms with van der Waals surface area (Å²) in [6.07, 6.45) is 3.45. The van der Waals surface area contributed by atoms with Gasteiger partial charge in [-0.1, -0.05) is 18.2 Å². The largest absolute Gasteiger partial charge is 0.353 e. The monoisotopic (exact) mass is 468 g/mol. The zero-order valence-electron chi connectivity index (χ0n) is 20.0. The fraction of sp³-hybridized carbons (Fsp3) is 0.259. The molecule has 8 nitrogen and oxygen atoms in total. The molecule has 0 saturated carbocycles. The van der Waals surface area contributed by atoms with Crippen molar-refractivity contribution in [2.75, 3.05) is 45.2 Å². The quantitative estimate of drug-likeness (QED) is 0.449. The van der Waals surface area contributed by atoms with E-state index in [2.05, 4.69) is 31.9 Å². The van der Waals surface area contributed by atoms with Crippen LogP contribution in [0.1, 0.15) is 15.9 Å². The van der Waals surface area contributed by atoms with Crippen molar-refractivity contribution in [2.24, 2.45) is 0 Å². The van der Waals surface area contributed by atoms with Crippen molar-refractivity contribution >= 4 is 22.6 Å². The summed E-state index contributed by atoms with van der Waals surface area (Å²) in [5.74, 6) is 0.938. The second-order valence-corrected chi connectivity index (χ2v) is 9.03. The average Bonchev–Trinajstić information content (AvgIpc) is 2.89. The van der Waals surface area contributed by atoms with Crippen LogP contribution in [0.2, 0.25) is 0 Å². The number of nitrogens with zero attached hydrogens (tertiary/aromatic N) is 6. The number of carbonyl (C=O) groups is 1. The van der Waals surface area contributed by atoms with Gasteiger partial charge in [-0.25, -0.2) is 9.97 Å². The molecule has 0 atom stereocenters. The Labute approximate surface area is 204 Å². The minimum atomic E-state index is -0.130. The molecule has 1 amide bonds. The van der Waals surface area contributed by atoms with Crippen molar-refractivity contribution in [3.05, 3.63) is 94.7 Å². The van der Waals surface area contributed by atoms with Crippen LogP contribution >= 0.6 is 0 Å². The Morgan fingerprint density at radius 2 is 1.66 bits per heavy atom. The number of rotatable bonds is 5. The first-order valence-electron chi connectivity index (χ1n) is 11.7. The molecule has 0 spiro atoms. The zero-order chi connectivity index (χ0) is 24.4. The van der Waals surface area contributed by atoms with Crippen LogP contribution in [0.5, 0.6) is 0 Å². The smallest absolute Gasteiger partial charge is 0.265 e. The molecule has 4 aromatic rings. The van der Waals surface area contributed by atoms with Crippen molar-refractivity contribution < 1.29 is 4.79 Å². The van der Waals surface area contributed by atoms with Crippen LogP contribution in [0.15, 0.2) is 78.0 Å². The summed E-state index contributed by atoms with van der Waals surface area (Å²) in [7, 11) is 4.08. The van der Waals surface area contributed by atoms with Crippen LogP contribution in [0.3, 0.4) is 0 Å².